The van der Waals surface area contributed by atoms with Gasteiger partial charge in [0.2, 0.25) is 0 Å². The lowest BCUT2D eigenvalue weighted by Crippen LogP contribution is -2.17. The highest BCUT2D eigenvalue weighted by atomic mass is 19.1. The number of benzene rings is 1. The van der Waals surface area contributed by atoms with Crippen LogP contribution < -0.4 is 5.73 Å². The Hall–Kier alpha value is -1.58. The summed E-state index contributed by atoms with van der Waals surface area (Å²) in [5.41, 5.74) is 6.04. The molecule has 1 aliphatic rings. The Morgan fingerprint density at radius 1 is 1.50 bits per heavy atom. The molecule has 0 radical (unpaired) electrons. The molecule has 2 N–H and O–H groups in total. The van der Waals surface area contributed by atoms with Gasteiger partial charge in [-0.25, -0.2) is 4.39 Å². The predicted molar refractivity (Wildman–Crippen MR) is 58.0 cm³/mol. The van der Waals surface area contributed by atoms with Gasteiger partial charge in [-0.3, -0.25) is 4.79 Å². The lowest BCUT2D eigenvalue weighted by Gasteiger charge is -2.24. The maximum Gasteiger partial charge on any atom is 0.307 e. The lowest BCUT2D eigenvalue weighted by molar-refractivity contribution is -0.142. The fraction of sp³-hybridized carbons (Fsp3) is 0.417. The monoisotopic (exact) mass is 223 g/mol. The summed E-state index contributed by atoms with van der Waals surface area (Å²) in [7, 11) is 0. The maximum absolute atomic E-state index is 13.6. The Morgan fingerprint density at radius 3 is 2.75 bits per heavy atom. The van der Waals surface area contributed by atoms with Crippen molar-refractivity contribution in [1.29, 1.82) is 0 Å². The second-order valence-corrected chi connectivity index (χ2v) is 4.82. The number of nitrogen functional groups attached to an aromatic ring is 1. The molecule has 1 aromatic carbocycles. The van der Waals surface area contributed by atoms with Crippen LogP contribution in [0.4, 0.5) is 10.1 Å². The lowest BCUT2D eigenvalue weighted by atomic mass is 9.82. The van der Waals surface area contributed by atoms with Crippen molar-refractivity contribution in [1.82, 2.24) is 0 Å². The van der Waals surface area contributed by atoms with Gasteiger partial charge in [0.15, 0.2) is 0 Å². The Balaban J connectivity index is 2.44. The zero-order valence-electron chi connectivity index (χ0n) is 9.29. The van der Waals surface area contributed by atoms with Gasteiger partial charge in [-0.2, -0.15) is 0 Å². The Kier molecular flexibility index (Phi) is 2.37. The minimum atomic E-state index is -0.552. The van der Waals surface area contributed by atoms with Crippen LogP contribution in [0.5, 0.6) is 0 Å². The van der Waals surface area contributed by atoms with Gasteiger partial charge in [-0.15, -0.1) is 0 Å². The summed E-state index contributed by atoms with van der Waals surface area (Å²) in [4.78, 5) is 11.3. The van der Waals surface area contributed by atoms with E-state index < -0.39 is 11.5 Å². The standard InChI is InChI=1S/C12H14FNO2/c1-12(2)6-10(15)16-11(12)8-5-7(14)3-4-9(8)13/h3-5,11H,6,14H2,1-2H3. The van der Waals surface area contributed by atoms with Crippen molar-refractivity contribution >= 4 is 11.7 Å². The molecule has 1 aliphatic heterocycles. The molecule has 0 bridgehead atoms. The van der Waals surface area contributed by atoms with Gasteiger partial charge in [-0.05, 0) is 18.2 Å². The largest absolute Gasteiger partial charge is 0.457 e. The summed E-state index contributed by atoms with van der Waals surface area (Å²) >= 11 is 0. The van der Waals surface area contributed by atoms with Crippen LogP contribution in [0.2, 0.25) is 0 Å². The number of ether oxygens (including phenoxy) is 1. The first-order valence-electron chi connectivity index (χ1n) is 5.14. The molecule has 16 heavy (non-hydrogen) atoms. The zero-order valence-corrected chi connectivity index (χ0v) is 9.29. The van der Waals surface area contributed by atoms with E-state index in [-0.39, 0.29) is 11.8 Å². The molecular formula is C12H14FNO2. The molecule has 1 heterocycles. The molecule has 1 fully saturated rings. The smallest absolute Gasteiger partial charge is 0.307 e. The first-order chi connectivity index (χ1) is 7.40. The number of carbonyl (C=O) groups is 1. The van der Waals surface area contributed by atoms with E-state index in [4.69, 9.17) is 10.5 Å². The number of hydrogen-bond donors (Lipinski definition) is 1. The SMILES string of the molecule is CC1(C)CC(=O)OC1c1cc(N)ccc1F. The second kappa shape index (κ2) is 3.47. The first kappa shape index (κ1) is 10.9. The molecule has 0 aliphatic carbocycles. The molecule has 1 aromatic rings. The van der Waals surface area contributed by atoms with Crippen LogP contribution in [-0.4, -0.2) is 5.97 Å². The number of halogens is 1. The summed E-state index contributed by atoms with van der Waals surface area (Å²) in [5.74, 6) is -0.682. The maximum atomic E-state index is 13.6. The molecule has 2 rings (SSSR count). The first-order valence-corrected chi connectivity index (χ1v) is 5.14. The van der Waals surface area contributed by atoms with E-state index in [2.05, 4.69) is 0 Å². The summed E-state index contributed by atoms with van der Waals surface area (Å²) in [5, 5.41) is 0. The van der Waals surface area contributed by atoms with E-state index in [1.54, 1.807) is 0 Å². The van der Waals surface area contributed by atoms with Crippen LogP contribution in [0.15, 0.2) is 18.2 Å². The van der Waals surface area contributed by atoms with Gasteiger partial charge in [0.25, 0.3) is 0 Å². The topological polar surface area (TPSA) is 52.3 Å². The summed E-state index contributed by atoms with van der Waals surface area (Å²) in [6.07, 6.45) is -0.255. The molecule has 0 spiro atoms. The Labute approximate surface area is 93.4 Å². The number of carbonyl (C=O) groups excluding carboxylic acids is 1. The van der Waals surface area contributed by atoms with Crippen LogP contribution in [-0.2, 0) is 9.53 Å². The number of rotatable bonds is 1. The minimum Gasteiger partial charge on any atom is -0.457 e. The number of nitrogens with two attached hydrogens (primary N) is 1. The third-order valence-corrected chi connectivity index (χ3v) is 2.86. The Bertz CT molecular complexity index is 443. The number of hydrogen-bond acceptors (Lipinski definition) is 3. The number of anilines is 1. The van der Waals surface area contributed by atoms with Crippen molar-refractivity contribution in [3.63, 3.8) is 0 Å². The van der Waals surface area contributed by atoms with Crippen molar-refractivity contribution in [3.05, 3.63) is 29.6 Å². The van der Waals surface area contributed by atoms with Crippen LogP contribution in [0.1, 0.15) is 31.9 Å². The van der Waals surface area contributed by atoms with Crippen LogP contribution >= 0.6 is 0 Å². The highest BCUT2D eigenvalue weighted by Gasteiger charge is 2.43. The van der Waals surface area contributed by atoms with Gasteiger partial charge in [0, 0.05) is 16.7 Å². The van der Waals surface area contributed by atoms with Crippen molar-refractivity contribution in [2.24, 2.45) is 5.41 Å². The molecule has 0 aromatic heterocycles. The van der Waals surface area contributed by atoms with E-state index in [0.717, 1.165) is 0 Å². The highest BCUT2D eigenvalue weighted by molar-refractivity contribution is 5.73. The van der Waals surface area contributed by atoms with E-state index in [1.807, 2.05) is 13.8 Å². The molecule has 0 amide bonds. The molecule has 1 atom stereocenters. The molecule has 4 heteroatoms. The molecule has 86 valence electrons. The normalized spacial score (nSPS) is 23.2. The van der Waals surface area contributed by atoms with Crippen molar-refractivity contribution < 1.29 is 13.9 Å². The van der Waals surface area contributed by atoms with Crippen LogP contribution in [0, 0.1) is 11.2 Å². The van der Waals surface area contributed by atoms with Crippen molar-refractivity contribution in [3.8, 4) is 0 Å². The summed E-state index contributed by atoms with van der Waals surface area (Å²) < 4.78 is 18.8. The van der Waals surface area contributed by atoms with Gasteiger partial charge in [0.05, 0.1) is 6.42 Å². The van der Waals surface area contributed by atoms with E-state index in [9.17, 15) is 9.18 Å². The average Bonchev–Trinajstić information content (AvgIpc) is 2.43. The highest BCUT2D eigenvalue weighted by Crippen LogP contribution is 2.46. The van der Waals surface area contributed by atoms with Crippen molar-refractivity contribution in [2.45, 2.75) is 26.4 Å². The van der Waals surface area contributed by atoms with Crippen molar-refractivity contribution in [2.75, 3.05) is 5.73 Å². The molecule has 0 saturated carbocycles. The summed E-state index contributed by atoms with van der Waals surface area (Å²) in [6, 6.07) is 4.32. The average molecular weight is 223 g/mol. The third kappa shape index (κ3) is 1.75. The number of esters is 1. The van der Waals surface area contributed by atoms with Gasteiger partial charge in [0.1, 0.15) is 11.9 Å². The van der Waals surface area contributed by atoms with Gasteiger partial charge >= 0.3 is 5.97 Å². The molecule has 1 unspecified atom stereocenters. The molecular weight excluding hydrogens is 209 g/mol. The van der Waals surface area contributed by atoms with Crippen LogP contribution in [0.3, 0.4) is 0 Å². The minimum absolute atomic E-state index is 0.295. The van der Waals surface area contributed by atoms with Crippen LogP contribution in [0.25, 0.3) is 0 Å². The summed E-state index contributed by atoms with van der Waals surface area (Å²) in [6.45, 7) is 3.76. The number of cyclic esters (lactones) is 1. The fourth-order valence-corrected chi connectivity index (χ4v) is 2.04. The van der Waals surface area contributed by atoms with Gasteiger partial charge < -0.3 is 10.5 Å². The predicted octanol–water partition coefficient (Wildman–Crippen LogP) is 2.42. The fourth-order valence-electron chi connectivity index (χ4n) is 2.04. The third-order valence-electron chi connectivity index (χ3n) is 2.86. The van der Waals surface area contributed by atoms with E-state index in [0.29, 0.717) is 17.7 Å². The Morgan fingerprint density at radius 2 is 2.19 bits per heavy atom. The molecule has 1 saturated heterocycles. The van der Waals surface area contributed by atoms with Gasteiger partial charge in [-0.1, -0.05) is 13.8 Å². The quantitative estimate of drug-likeness (QED) is 0.587. The molecule has 3 nitrogen and oxygen atoms in total. The second-order valence-electron chi connectivity index (χ2n) is 4.82. The zero-order chi connectivity index (χ0) is 11.9. The van der Waals surface area contributed by atoms with E-state index >= 15 is 0 Å². The van der Waals surface area contributed by atoms with E-state index in [1.165, 1.54) is 18.2 Å².